The summed E-state index contributed by atoms with van der Waals surface area (Å²) in [5.74, 6) is 1.49. The average molecular weight is 394 g/mol. The third-order valence-electron chi connectivity index (χ3n) is 5.42. The van der Waals surface area contributed by atoms with E-state index >= 15 is 0 Å². The molecule has 1 fully saturated rings. The van der Waals surface area contributed by atoms with Gasteiger partial charge in [0.05, 0.1) is 23.6 Å². The number of anilines is 1. The molecule has 148 valence electrons. The Bertz CT molecular complexity index is 1270. The lowest BCUT2D eigenvalue weighted by Crippen LogP contribution is -2.01. The molecule has 1 saturated carbocycles. The van der Waals surface area contributed by atoms with Gasteiger partial charge in [0.2, 0.25) is 0 Å². The summed E-state index contributed by atoms with van der Waals surface area (Å²) in [6, 6.07) is 7.92. The molecule has 6 nitrogen and oxygen atoms in total. The summed E-state index contributed by atoms with van der Waals surface area (Å²) in [5.41, 5.74) is 7.35. The van der Waals surface area contributed by atoms with Gasteiger partial charge in [0.1, 0.15) is 5.82 Å². The Balaban J connectivity index is 1.46. The summed E-state index contributed by atoms with van der Waals surface area (Å²) in [6.45, 7) is 10.5. The second-order valence-electron chi connectivity index (χ2n) is 7.63. The molecule has 0 spiro atoms. The van der Waals surface area contributed by atoms with Crippen LogP contribution < -0.4 is 5.32 Å². The molecule has 0 aromatic carbocycles. The van der Waals surface area contributed by atoms with Crippen LogP contribution in [0.2, 0.25) is 0 Å². The molecule has 30 heavy (non-hydrogen) atoms. The number of aromatic nitrogens is 5. The van der Waals surface area contributed by atoms with E-state index in [4.69, 9.17) is 4.98 Å². The molecule has 4 heterocycles. The first kappa shape index (κ1) is 18.2. The molecule has 1 aliphatic rings. The largest absolute Gasteiger partial charge is 0.354 e. The first-order valence-electron chi connectivity index (χ1n) is 9.97. The predicted octanol–water partition coefficient (Wildman–Crippen LogP) is 4.85. The normalized spacial score (nSPS) is 13.4. The molecule has 4 aromatic rings. The maximum absolute atomic E-state index is 4.71. The van der Waals surface area contributed by atoms with E-state index in [0.29, 0.717) is 5.92 Å². The van der Waals surface area contributed by atoms with Crippen molar-refractivity contribution in [3.05, 3.63) is 96.6 Å². The summed E-state index contributed by atoms with van der Waals surface area (Å²) >= 11 is 0. The number of hydrogen-bond donors (Lipinski definition) is 1. The SMILES string of the molecule is C=C(c1ccn2ncc(C(=C)Nc3cccnc3)c2c1)c1cnc(C2CC2)nc1C. The van der Waals surface area contributed by atoms with Crippen LogP contribution in [0.4, 0.5) is 5.69 Å². The third kappa shape index (κ3) is 3.37. The lowest BCUT2D eigenvalue weighted by atomic mass is 9.99. The first-order chi connectivity index (χ1) is 14.6. The maximum atomic E-state index is 4.71. The Kier molecular flexibility index (Phi) is 4.39. The number of nitrogens with zero attached hydrogens (tertiary/aromatic N) is 5. The predicted molar refractivity (Wildman–Crippen MR) is 119 cm³/mol. The van der Waals surface area contributed by atoms with E-state index in [0.717, 1.165) is 50.7 Å². The smallest absolute Gasteiger partial charge is 0.131 e. The number of fused-ring (bicyclic) bond motifs is 1. The maximum Gasteiger partial charge on any atom is 0.131 e. The van der Waals surface area contributed by atoms with Gasteiger partial charge in [-0.15, -0.1) is 0 Å². The van der Waals surface area contributed by atoms with Crippen LogP contribution >= 0.6 is 0 Å². The van der Waals surface area contributed by atoms with E-state index < -0.39 is 0 Å². The molecule has 0 amide bonds. The minimum Gasteiger partial charge on any atom is -0.354 e. The summed E-state index contributed by atoms with van der Waals surface area (Å²) in [4.78, 5) is 13.4. The van der Waals surface area contributed by atoms with Gasteiger partial charge in [-0.3, -0.25) is 4.98 Å². The quantitative estimate of drug-likeness (QED) is 0.506. The fourth-order valence-electron chi connectivity index (χ4n) is 3.55. The van der Waals surface area contributed by atoms with Crippen molar-refractivity contribution < 1.29 is 0 Å². The number of aryl methyl sites for hydroxylation is 1. The van der Waals surface area contributed by atoms with Crippen LogP contribution in [-0.2, 0) is 0 Å². The van der Waals surface area contributed by atoms with E-state index in [-0.39, 0.29) is 0 Å². The monoisotopic (exact) mass is 394 g/mol. The van der Waals surface area contributed by atoms with Crippen LogP contribution in [0.5, 0.6) is 0 Å². The van der Waals surface area contributed by atoms with Crippen molar-refractivity contribution in [1.29, 1.82) is 0 Å². The highest BCUT2D eigenvalue weighted by molar-refractivity contribution is 5.86. The van der Waals surface area contributed by atoms with Gasteiger partial charge in [0.25, 0.3) is 0 Å². The lowest BCUT2D eigenvalue weighted by Gasteiger charge is -2.11. The highest BCUT2D eigenvalue weighted by Crippen LogP contribution is 2.38. The number of pyridine rings is 2. The van der Waals surface area contributed by atoms with Crippen LogP contribution in [0.1, 0.15) is 47.0 Å². The molecule has 0 aliphatic heterocycles. The van der Waals surface area contributed by atoms with E-state index in [1.165, 1.54) is 12.8 Å². The fourth-order valence-corrected chi connectivity index (χ4v) is 3.55. The van der Waals surface area contributed by atoms with Crippen molar-refractivity contribution in [3.8, 4) is 0 Å². The van der Waals surface area contributed by atoms with Gasteiger partial charge in [-0.25, -0.2) is 14.5 Å². The van der Waals surface area contributed by atoms with Crippen molar-refractivity contribution in [3.63, 3.8) is 0 Å². The molecule has 0 saturated heterocycles. The van der Waals surface area contributed by atoms with Gasteiger partial charge in [0, 0.05) is 47.0 Å². The molecule has 4 aromatic heterocycles. The van der Waals surface area contributed by atoms with Gasteiger partial charge in [-0.05, 0) is 55.2 Å². The zero-order valence-corrected chi connectivity index (χ0v) is 16.8. The van der Waals surface area contributed by atoms with Crippen molar-refractivity contribution in [2.75, 3.05) is 5.32 Å². The fraction of sp³-hybridized carbons (Fsp3) is 0.167. The van der Waals surface area contributed by atoms with E-state index in [9.17, 15) is 0 Å². The summed E-state index contributed by atoms with van der Waals surface area (Å²) in [5, 5.41) is 7.75. The Morgan fingerprint density at radius 1 is 1.13 bits per heavy atom. The third-order valence-corrected chi connectivity index (χ3v) is 5.42. The number of rotatable bonds is 6. The highest BCUT2D eigenvalue weighted by Gasteiger charge is 2.27. The molecule has 0 radical (unpaired) electrons. The van der Waals surface area contributed by atoms with E-state index in [1.54, 1.807) is 12.4 Å². The molecule has 6 heteroatoms. The number of nitrogens with one attached hydrogen (secondary N) is 1. The Labute approximate surface area is 175 Å². The molecular formula is C24H22N6. The highest BCUT2D eigenvalue weighted by atomic mass is 15.2. The van der Waals surface area contributed by atoms with E-state index in [1.807, 2.05) is 48.2 Å². The van der Waals surface area contributed by atoms with Gasteiger partial charge < -0.3 is 5.32 Å². The van der Waals surface area contributed by atoms with E-state index in [2.05, 4.69) is 39.6 Å². The van der Waals surface area contributed by atoms with Crippen molar-refractivity contribution >= 4 is 22.5 Å². The van der Waals surface area contributed by atoms with Crippen LogP contribution in [0, 0.1) is 6.92 Å². The van der Waals surface area contributed by atoms with Crippen LogP contribution in [0.3, 0.4) is 0 Å². The van der Waals surface area contributed by atoms with Crippen LogP contribution in [0.25, 0.3) is 16.8 Å². The van der Waals surface area contributed by atoms with Crippen molar-refractivity contribution in [1.82, 2.24) is 24.6 Å². The average Bonchev–Trinajstić information content (AvgIpc) is 3.52. The van der Waals surface area contributed by atoms with Gasteiger partial charge in [0.15, 0.2) is 0 Å². The topological polar surface area (TPSA) is 68.0 Å². The van der Waals surface area contributed by atoms with Crippen molar-refractivity contribution in [2.24, 2.45) is 0 Å². The van der Waals surface area contributed by atoms with Crippen LogP contribution in [0.15, 0.2) is 68.4 Å². The van der Waals surface area contributed by atoms with Gasteiger partial charge in [-0.1, -0.05) is 13.2 Å². The molecule has 1 N–H and O–H groups in total. The second kappa shape index (κ2) is 7.22. The molecule has 0 unspecified atom stereocenters. The molecular weight excluding hydrogens is 372 g/mol. The standard InChI is InChI=1S/C24H22N6/c1-15(21-13-26-24(18-6-7-18)29-16(21)2)19-8-10-30-23(11-19)22(14-27-30)17(3)28-20-5-4-9-25-12-20/h4-5,8-14,18,28H,1,3,6-7H2,2H3. The lowest BCUT2D eigenvalue weighted by molar-refractivity contribution is 0.901. The zero-order chi connectivity index (χ0) is 20.7. The van der Waals surface area contributed by atoms with Gasteiger partial charge in [-0.2, -0.15) is 5.10 Å². The Morgan fingerprint density at radius 3 is 2.73 bits per heavy atom. The Hall–Kier alpha value is -3.80. The molecule has 0 bridgehead atoms. The molecule has 5 rings (SSSR count). The summed E-state index contributed by atoms with van der Waals surface area (Å²) < 4.78 is 1.84. The second-order valence-corrected chi connectivity index (χ2v) is 7.63. The minimum absolute atomic E-state index is 0.537. The summed E-state index contributed by atoms with van der Waals surface area (Å²) in [6.07, 6.45) is 11.5. The minimum atomic E-state index is 0.537. The molecule has 1 aliphatic carbocycles. The van der Waals surface area contributed by atoms with Crippen LogP contribution in [-0.4, -0.2) is 24.6 Å². The zero-order valence-electron chi connectivity index (χ0n) is 16.8. The molecule has 0 atom stereocenters. The number of hydrogen-bond acceptors (Lipinski definition) is 5. The van der Waals surface area contributed by atoms with Crippen molar-refractivity contribution in [2.45, 2.75) is 25.7 Å². The van der Waals surface area contributed by atoms with Gasteiger partial charge >= 0.3 is 0 Å². The summed E-state index contributed by atoms with van der Waals surface area (Å²) in [7, 11) is 0. The first-order valence-corrected chi connectivity index (χ1v) is 9.97. The Morgan fingerprint density at radius 2 is 2.00 bits per heavy atom.